The molecular weight excluding hydrogens is 256 g/mol. The molecule has 0 radical (unpaired) electrons. The summed E-state index contributed by atoms with van der Waals surface area (Å²) >= 11 is 0. The zero-order chi connectivity index (χ0) is 14.4. The summed E-state index contributed by atoms with van der Waals surface area (Å²) in [7, 11) is 1.36. The number of ether oxygens (including phenoxy) is 2. The Balaban J connectivity index is 1.86. The molecule has 0 amide bonds. The first-order chi connectivity index (χ1) is 9.70. The van der Waals surface area contributed by atoms with Crippen LogP contribution >= 0.6 is 0 Å². The van der Waals surface area contributed by atoms with Gasteiger partial charge in [-0.2, -0.15) is 5.10 Å². The minimum atomic E-state index is -0.381. The fourth-order valence-electron chi connectivity index (χ4n) is 1.90. The van der Waals surface area contributed by atoms with Gasteiger partial charge in [0, 0.05) is 0 Å². The number of esters is 1. The van der Waals surface area contributed by atoms with E-state index in [1.807, 2.05) is 37.3 Å². The lowest BCUT2D eigenvalue weighted by Crippen LogP contribution is -2.15. The minimum Gasteiger partial charge on any atom is -0.464 e. The highest BCUT2D eigenvalue weighted by molar-refractivity contribution is 5.87. The van der Waals surface area contributed by atoms with Crippen LogP contribution in [0.2, 0.25) is 0 Å². The lowest BCUT2D eigenvalue weighted by molar-refractivity contribution is 0.0579. The molecular formula is C15H18N2O3. The molecule has 0 spiro atoms. The molecule has 0 atom stereocenters. The van der Waals surface area contributed by atoms with E-state index in [2.05, 4.69) is 5.10 Å². The van der Waals surface area contributed by atoms with Gasteiger partial charge in [0.05, 0.1) is 32.6 Å². The molecule has 0 unspecified atom stereocenters. The molecule has 2 rings (SSSR count). The number of hydrogen-bond acceptors (Lipinski definition) is 4. The van der Waals surface area contributed by atoms with Crippen molar-refractivity contribution in [2.75, 3.05) is 13.7 Å². The van der Waals surface area contributed by atoms with Crippen LogP contribution < -0.4 is 0 Å². The van der Waals surface area contributed by atoms with E-state index < -0.39 is 0 Å². The van der Waals surface area contributed by atoms with Gasteiger partial charge in [-0.1, -0.05) is 30.3 Å². The summed E-state index contributed by atoms with van der Waals surface area (Å²) < 4.78 is 11.9. The van der Waals surface area contributed by atoms with Crippen LogP contribution in [0.3, 0.4) is 0 Å². The predicted octanol–water partition coefficient (Wildman–Crippen LogP) is 2.19. The Morgan fingerprint density at radius 1 is 1.30 bits per heavy atom. The maximum atomic E-state index is 11.6. The van der Waals surface area contributed by atoms with Crippen LogP contribution in [0.15, 0.2) is 36.4 Å². The number of aryl methyl sites for hydroxylation is 1. The third-order valence-corrected chi connectivity index (χ3v) is 2.86. The van der Waals surface area contributed by atoms with E-state index in [1.165, 1.54) is 7.11 Å². The molecule has 2 aromatic rings. The zero-order valence-electron chi connectivity index (χ0n) is 11.7. The summed E-state index contributed by atoms with van der Waals surface area (Å²) in [6.07, 6.45) is 0. The number of methoxy groups -OCH3 is 1. The fourth-order valence-corrected chi connectivity index (χ4v) is 1.90. The molecule has 5 nitrogen and oxygen atoms in total. The number of aromatic nitrogens is 2. The van der Waals surface area contributed by atoms with E-state index >= 15 is 0 Å². The zero-order valence-corrected chi connectivity index (χ0v) is 11.7. The first-order valence-electron chi connectivity index (χ1n) is 6.45. The van der Waals surface area contributed by atoms with Crippen molar-refractivity contribution in [3.8, 4) is 0 Å². The van der Waals surface area contributed by atoms with Gasteiger partial charge in [0.2, 0.25) is 0 Å². The summed E-state index contributed by atoms with van der Waals surface area (Å²) in [5.74, 6) is -0.381. The smallest absolute Gasteiger partial charge is 0.356 e. The van der Waals surface area contributed by atoms with Gasteiger partial charge in [0.25, 0.3) is 0 Å². The molecule has 0 aliphatic rings. The van der Waals surface area contributed by atoms with E-state index in [-0.39, 0.29) is 5.97 Å². The second-order valence-corrected chi connectivity index (χ2v) is 4.42. The highest BCUT2D eigenvalue weighted by atomic mass is 16.5. The van der Waals surface area contributed by atoms with Crippen molar-refractivity contribution in [3.05, 3.63) is 53.3 Å². The average molecular weight is 274 g/mol. The van der Waals surface area contributed by atoms with Crippen LogP contribution in [0.5, 0.6) is 0 Å². The molecule has 106 valence electrons. The summed E-state index contributed by atoms with van der Waals surface area (Å²) in [5.41, 5.74) is 2.36. The quantitative estimate of drug-likeness (QED) is 0.598. The normalized spacial score (nSPS) is 10.5. The van der Waals surface area contributed by atoms with E-state index in [0.717, 1.165) is 11.3 Å². The van der Waals surface area contributed by atoms with Crippen molar-refractivity contribution in [3.63, 3.8) is 0 Å². The van der Waals surface area contributed by atoms with Crippen molar-refractivity contribution in [2.24, 2.45) is 0 Å². The predicted molar refractivity (Wildman–Crippen MR) is 74.4 cm³/mol. The van der Waals surface area contributed by atoms with Crippen LogP contribution in [0.25, 0.3) is 0 Å². The summed E-state index contributed by atoms with van der Waals surface area (Å²) in [6, 6.07) is 11.7. The van der Waals surface area contributed by atoms with Gasteiger partial charge in [0.1, 0.15) is 5.69 Å². The van der Waals surface area contributed by atoms with Crippen LogP contribution in [0, 0.1) is 6.92 Å². The third-order valence-electron chi connectivity index (χ3n) is 2.86. The second-order valence-electron chi connectivity index (χ2n) is 4.42. The first kappa shape index (κ1) is 14.3. The highest BCUT2D eigenvalue weighted by Crippen LogP contribution is 2.06. The van der Waals surface area contributed by atoms with E-state index in [4.69, 9.17) is 9.47 Å². The second kappa shape index (κ2) is 6.86. The topological polar surface area (TPSA) is 53.3 Å². The summed E-state index contributed by atoms with van der Waals surface area (Å²) in [5, 5.41) is 4.26. The molecule has 5 heteroatoms. The lowest BCUT2D eigenvalue weighted by atomic mass is 10.2. The molecule has 1 heterocycles. The molecule has 20 heavy (non-hydrogen) atoms. The maximum Gasteiger partial charge on any atom is 0.356 e. The molecule has 0 fully saturated rings. The van der Waals surface area contributed by atoms with Crippen LogP contribution in [0.1, 0.15) is 21.7 Å². The highest BCUT2D eigenvalue weighted by Gasteiger charge is 2.13. The monoisotopic (exact) mass is 274 g/mol. The van der Waals surface area contributed by atoms with Gasteiger partial charge < -0.3 is 9.47 Å². The van der Waals surface area contributed by atoms with Gasteiger partial charge in [-0.25, -0.2) is 4.79 Å². The lowest BCUT2D eigenvalue weighted by Gasteiger charge is -2.07. The van der Waals surface area contributed by atoms with E-state index in [0.29, 0.717) is 25.5 Å². The number of nitrogens with zero attached hydrogens (tertiary/aromatic N) is 2. The van der Waals surface area contributed by atoms with E-state index in [1.54, 1.807) is 10.7 Å². The first-order valence-corrected chi connectivity index (χ1v) is 6.45. The largest absolute Gasteiger partial charge is 0.464 e. The van der Waals surface area contributed by atoms with Crippen molar-refractivity contribution in [2.45, 2.75) is 20.1 Å². The minimum absolute atomic E-state index is 0.381. The van der Waals surface area contributed by atoms with Gasteiger partial charge in [0.15, 0.2) is 0 Å². The Bertz CT molecular complexity index is 564. The Morgan fingerprint density at radius 2 is 2.05 bits per heavy atom. The average Bonchev–Trinajstić information content (AvgIpc) is 2.85. The van der Waals surface area contributed by atoms with Crippen molar-refractivity contribution in [1.82, 2.24) is 9.78 Å². The molecule has 0 bridgehead atoms. The molecule has 1 aromatic heterocycles. The molecule has 0 aliphatic heterocycles. The summed E-state index contributed by atoms with van der Waals surface area (Å²) in [4.78, 5) is 11.6. The number of hydrogen-bond donors (Lipinski definition) is 0. The molecule has 0 saturated carbocycles. The maximum absolute atomic E-state index is 11.6. The third kappa shape index (κ3) is 3.68. The van der Waals surface area contributed by atoms with Crippen LogP contribution in [0.4, 0.5) is 0 Å². The van der Waals surface area contributed by atoms with Crippen LogP contribution in [-0.4, -0.2) is 29.5 Å². The van der Waals surface area contributed by atoms with Gasteiger partial charge in [-0.05, 0) is 18.6 Å². The van der Waals surface area contributed by atoms with Gasteiger partial charge >= 0.3 is 5.97 Å². The number of carbonyl (C=O) groups is 1. The molecule has 0 N–H and O–H groups in total. The SMILES string of the molecule is COC(=O)c1cc(C)nn1CCOCc1ccccc1. The molecule has 1 aromatic carbocycles. The molecule has 0 saturated heterocycles. The van der Waals surface area contributed by atoms with Gasteiger partial charge in [-0.15, -0.1) is 0 Å². The Morgan fingerprint density at radius 3 is 2.75 bits per heavy atom. The Labute approximate surface area is 118 Å². The van der Waals surface area contributed by atoms with Crippen molar-refractivity contribution < 1.29 is 14.3 Å². The number of carbonyl (C=O) groups excluding carboxylic acids is 1. The Kier molecular flexibility index (Phi) is 4.90. The standard InChI is InChI=1S/C15H18N2O3/c1-12-10-14(15(18)19-2)17(16-12)8-9-20-11-13-6-4-3-5-7-13/h3-7,10H,8-9,11H2,1-2H3. The number of benzene rings is 1. The number of rotatable bonds is 6. The van der Waals surface area contributed by atoms with Crippen LogP contribution in [-0.2, 0) is 22.6 Å². The van der Waals surface area contributed by atoms with Gasteiger partial charge in [-0.3, -0.25) is 4.68 Å². The van der Waals surface area contributed by atoms with E-state index in [9.17, 15) is 4.79 Å². The Hall–Kier alpha value is -2.14. The fraction of sp³-hybridized carbons (Fsp3) is 0.333. The van der Waals surface area contributed by atoms with Crippen molar-refractivity contribution in [1.29, 1.82) is 0 Å². The summed E-state index contributed by atoms with van der Waals surface area (Å²) in [6.45, 7) is 3.40. The van der Waals surface area contributed by atoms with Crippen molar-refractivity contribution >= 4 is 5.97 Å². The molecule has 0 aliphatic carbocycles.